The predicted molar refractivity (Wildman–Crippen MR) is 74.6 cm³/mol. The number of aliphatic hydroxyl groups excluding tert-OH is 1. The van der Waals surface area contributed by atoms with E-state index < -0.39 is 0 Å². The minimum atomic E-state index is 0.113. The van der Waals surface area contributed by atoms with Gasteiger partial charge in [-0.15, -0.1) is 0 Å². The smallest absolute Gasteiger partial charge is 0.0681 e. The van der Waals surface area contributed by atoms with Crippen LogP contribution in [0, 0.1) is 5.92 Å². The summed E-state index contributed by atoms with van der Waals surface area (Å²) in [6.45, 7) is 6.22. The molecular weight excluding hydrogens is 226 g/mol. The Kier molecular flexibility index (Phi) is 6.94. The molecule has 0 spiro atoms. The molecule has 102 valence electrons. The maximum atomic E-state index is 8.97. The van der Waals surface area contributed by atoms with Crippen LogP contribution in [-0.4, -0.2) is 31.4 Å². The van der Waals surface area contributed by atoms with Crippen molar-refractivity contribution in [2.75, 3.05) is 20.3 Å². The van der Waals surface area contributed by atoms with Crippen molar-refractivity contribution in [2.24, 2.45) is 5.92 Å². The number of hydrogen-bond acceptors (Lipinski definition) is 3. The van der Waals surface area contributed by atoms with E-state index in [1.807, 2.05) is 12.1 Å². The molecule has 0 aliphatic rings. The van der Waals surface area contributed by atoms with Crippen LogP contribution in [-0.2, 0) is 17.8 Å². The van der Waals surface area contributed by atoms with Crippen LogP contribution >= 0.6 is 0 Å². The highest BCUT2D eigenvalue weighted by Gasteiger charge is 2.11. The molecule has 0 saturated heterocycles. The van der Waals surface area contributed by atoms with Crippen molar-refractivity contribution in [2.45, 2.75) is 32.9 Å². The molecule has 0 radical (unpaired) electrons. The molecular formula is C15H25NO2. The molecule has 1 rings (SSSR count). The Morgan fingerprint density at radius 2 is 1.78 bits per heavy atom. The standard InChI is InChI=1S/C15H25NO2/c1-12(2)15(11-18-3)16-9-8-13-4-6-14(10-17)7-5-13/h4-7,12,15-17H,8-11H2,1-3H3. The summed E-state index contributed by atoms with van der Waals surface area (Å²) in [6, 6.07) is 8.52. The molecule has 2 N–H and O–H groups in total. The molecule has 3 nitrogen and oxygen atoms in total. The van der Waals surface area contributed by atoms with Gasteiger partial charge < -0.3 is 15.2 Å². The Balaban J connectivity index is 2.35. The van der Waals surface area contributed by atoms with E-state index in [0.29, 0.717) is 12.0 Å². The van der Waals surface area contributed by atoms with E-state index in [1.54, 1.807) is 7.11 Å². The van der Waals surface area contributed by atoms with Crippen LogP contribution in [0.25, 0.3) is 0 Å². The van der Waals surface area contributed by atoms with Gasteiger partial charge in [0.1, 0.15) is 0 Å². The number of ether oxygens (including phenoxy) is 1. The van der Waals surface area contributed by atoms with Crippen molar-refractivity contribution in [3.8, 4) is 0 Å². The normalized spacial score (nSPS) is 12.9. The maximum Gasteiger partial charge on any atom is 0.0681 e. The Bertz CT molecular complexity index is 322. The highest BCUT2D eigenvalue weighted by Crippen LogP contribution is 2.06. The highest BCUT2D eigenvalue weighted by atomic mass is 16.5. The monoisotopic (exact) mass is 251 g/mol. The van der Waals surface area contributed by atoms with Gasteiger partial charge in [0, 0.05) is 13.2 Å². The van der Waals surface area contributed by atoms with Crippen molar-refractivity contribution in [3.63, 3.8) is 0 Å². The maximum absolute atomic E-state index is 8.97. The van der Waals surface area contributed by atoms with E-state index in [-0.39, 0.29) is 6.61 Å². The second-order valence-electron chi connectivity index (χ2n) is 4.98. The average molecular weight is 251 g/mol. The summed E-state index contributed by atoms with van der Waals surface area (Å²) < 4.78 is 5.21. The summed E-state index contributed by atoms with van der Waals surface area (Å²) in [5.74, 6) is 0.571. The lowest BCUT2D eigenvalue weighted by molar-refractivity contribution is 0.147. The van der Waals surface area contributed by atoms with Crippen molar-refractivity contribution < 1.29 is 9.84 Å². The van der Waals surface area contributed by atoms with Gasteiger partial charge in [-0.3, -0.25) is 0 Å². The van der Waals surface area contributed by atoms with Crippen LogP contribution in [0.1, 0.15) is 25.0 Å². The average Bonchev–Trinajstić information content (AvgIpc) is 2.38. The minimum Gasteiger partial charge on any atom is -0.392 e. The number of aliphatic hydroxyl groups is 1. The molecule has 1 unspecified atom stereocenters. The second-order valence-corrected chi connectivity index (χ2v) is 4.98. The second kappa shape index (κ2) is 8.25. The van der Waals surface area contributed by atoms with Crippen LogP contribution < -0.4 is 5.32 Å². The summed E-state index contributed by atoms with van der Waals surface area (Å²) in [4.78, 5) is 0. The zero-order valence-corrected chi connectivity index (χ0v) is 11.6. The first kappa shape index (κ1) is 15.2. The van der Waals surface area contributed by atoms with E-state index in [9.17, 15) is 0 Å². The highest BCUT2D eigenvalue weighted by molar-refractivity contribution is 5.22. The molecule has 1 aromatic rings. The molecule has 0 heterocycles. The van der Waals surface area contributed by atoms with Gasteiger partial charge in [-0.05, 0) is 30.0 Å². The fourth-order valence-corrected chi connectivity index (χ4v) is 1.88. The Hall–Kier alpha value is -0.900. The van der Waals surface area contributed by atoms with E-state index in [4.69, 9.17) is 9.84 Å². The van der Waals surface area contributed by atoms with E-state index in [2.05, 4.69) is 31.3 Å². The van der Waals surface area contributed by atoms with Gasteiger partial charge in [-0.1, -0.05) is 38.1 Å². The van der Waals surface area contributed by atoms with Crippen LogP contribution in [0.5, 0.6) is 0 Å². The van der Waals surface area contributed by atoms with Gasteiger partial charge in [0.05, 0.1) is 13.2 Å². The molecule has 0 aliphatic carbocycles. The lowest BCUT2D eigenvalue weighted by atomic mass is 10.0. The topological polar surface area (TPSA) is 41.5 Å². The minimum absolute atomic E-state index is 0.113. The van der Waals surface area contributed by atoms with Gasteiger partial charge in [-0.2, -0.15) is 0 Å². The zero-order chi connectivity index (χ0) is 13.4. The molecule has 0 saturated carbocycles. The van der Waals surface area contributed by atoms with Gasteiger partial charge in [0.25, 0.3) is 0 Å². The summed E-state index contributed by atoms with van der Waals surface area (Å²) in [6.07, 6.45) is 0.999. The summed E-state index contributed by atoms with van der Waals surface area (Å²) in [5, 5.41) is 12.5. The summed E-state index contributed by atoms with van der Waals surface area (Å²) in [5.41, 5.74) is 2.26. The first-order valence-corrected chi connectivity index (χ1v) is 6.58. The largest absolute Gasteiger partial charge is 0.392 e. The first-order valence-electron chi connectivity index (χ1n) is 6.58. The summed E-state index contributed by atoms with van der Waals surface area (Å²) in [7, 11) is 1.74. The van der Waals surface area contributed by atoms with Crippen LogP contribution in [0.15, 0.2) is 24.3 Å². The van der Waals surface area contributed by atoms with Crippen molar-refractivity contribution in [1.29, 1.82) is 0 Å². The molecule has 1 atom stereocenters. The van der Waals surface area contributed by atoms with Gasteiger partial charge in [-0.25, -0.2) is 0 Å². The van der Waals surface area contributed by atoms with Gasteiger partial charge in [0.2, 0.25) is 0 Å². The third kappa shape index (κ3) is 5.17. The quantitative estimate of drug-likeness (QED) is 0.742. The number of methoxy groups -OCH3 is 1. The molecule has 0 aromatic heterocycles. The van der Waals surface area contributed by atoms with Gasteiger partial charge in [0.15, 0.2) is 0 Å². The number of benzene rings is 1. The molecule has 0 bridgehead atoms. The van der Waals surface area contributed by atoms with Crippen LogP contribution in [0.4, 0.5) is 0 Å². The van der Waals surface area contributed by atoms with E-state index >= 15 is 0 Å². The fourth-order valence-electron chi connectivity index (χ4n) is 1.88. The molecule has 1 aromatic carbocycles. The molecule has 18 heavy (non-hydrogen) atoms. The molecule has 0 fully saturated rings. The SMILES string of the molecule is COCC(NCCc1ccc(CO)cc1)C(C)C. The number of nitrogens with one attached hydrogen (secondary N) is 1. The first-order chi connectivity index (χ1) is 8.67. The molecule has 0 amide bonds. The fraction of sp³-hybridized carbons (Fsp3) is 0.600. The van der Waals surface area contributed by atoms with E-state index in [0.717, 1.165) is 25.1 Å². The lowest BCUT2D eigenvalue weighted by Gasteiger charge is -2.21. The number of hydrogen-bond donors (Lipinski definition) is 2. The predicted octanol–water partition coefficient (Wildman–Crippen LogP) is 1.98. The van der Waals surface area contributed by atoms with Crippen LogP contribution in [0.2, 0.25) is 0 Å². The Morgan fingerprint density at radius 3 is 2.28 bits per heavy atom. The zero-order valence-electron chi connectivity index (χ0n) is 11.6. The van der Waals surface area contributed by atoms with Crippen molar-refractivity contribution in [3.05, 3.63) is 35.4 Å². The summed E-state index contributed by atoms with van der Waals surface area (Å²) >= 11 is 0. The third-order valence-corrected chi connectivity index (χ3v) is 3.18. The van der Waals surface area contributed by atoms with Crippen molar-refractivity contribution >= 4 is 0 Å². The lowest BCUT2D eigenvalue weighted by Crippen LogP contribution is -2.38. The van der Waals surface area contributed by atoms with Crippen molar-refractivity contribution in [1.82, 2.24) is 5.32 Å². The third-order valence-electron chi connectivity index (χ3n) is 3.18. The Morgan fingerprint density at radius 1 is 1.17 bits per heavy atom. The Labute approximate surface area is 110 Å². The number of rotatable bonds is 8. The van der Waals surface area contributed by atoms with E-state index in [1.165, 1.54) is 5.56 Å². The molecule has 0 aliphatic heterocycles. The molecule has 3 heteroatoms. The van der Waals surface area contributed by atoms with Gasteiger partial charge >= 0.3 is 0 Å². The van der Waals surface area contributed by atoms with Crippen LogP contribution in [0.3, 0.4) is 0 Å².